The molecule has 0 bridgehead atoms. The topological polar surface area (TPSA) is 52.0 Å². The molecule has 0 spiro atoms. The third kappa shape index (κ3) is 2.40. The molecule has 14 heavy (non-hydrogen) atoms. The molecule has 78 valence electrons. The van der Waals surface area contributed by atoms with Crippen LogP contribution in [0.3, 0.4) is 0 Å². The van der Waals surface area contributed by atoms with E-state index in [1.807, 2.05) is 6.07 Å². The highest BCUT2D eigenvalue weighted by atomic mass is 35.5. The second kappa shape index (κ2) is 4.67. The summed E-state index contributed by atoms with van der Waals surface area (Å²) >= 11 is 5.90. The van der Waals surface area contributed by atoms with Crippen LogP contribution < -0.4 is 11.5 Å². The Morgan fingerprint density at radius 3 is 2.64 bits per heavy atom. The number of halogens is 1. The van der Waals surface area contributed by atoms with Crippen LogP contribution >= 0.6 is 11.6 Å². The van der Waals surface area contributed by atoms with Gasteiger partial charge in [0.2, 0.25) is 0 Å². The molecule has 2 nitrogen and oxygen atoms in total. The molecule has 0 radical (unpaired) electrons. The number of nitrogens with two attached hydrogens (primary N) is 2. The molecule has 0 aliphatic carbocycles. The van der Waals surface area contributed by atoms with Crippen molar-refractivity contribution in [3.05, 3.63) is 28.8 Å². The zero-order chi connectivity index (χ0) is 10.7. The molecular weight excluding hydrogens is 196 g/mol. The number of hydrogen-bond donors (Lipinski definition) is 2. The maximum Gasteiger partial charge on any atom is 0.0410 e. The van der Waals surface area contributed by atoms with Gasteiger partial charge < -0.3 is 11.5 Å². The number of benzene rings is 1. The van der Waals surface area contributed by atoms with Crippen molar-refractivity contribution in [1.29, 1.82) is 0 Å². The fraction of sp³-hybridized carbons (Fsp3) is 0.455. The second-order valence-electron chi connectivity index (χ2n) is 3.68. The molecular formula is C11H17ClN2. The Morgan fingerprint density at radius 2 is 2.07 bits per heavy atom. The Labute approximate surface area is 90.2 Å². The van der Waals surface area contributed by atoms with Gasteiger partial charge in [-0.05, 0) is 29.7 Å². The fourth-order valence-electron chi connectivity index (χ4n) is 1.39. The first-order valence-corrected chi connectivity index (χ1v) is 5.24. The van der Waals surface area contributed by atoms with Crippen molar-refractivity contribution in [1.82, 2.24) is 0 Å². The maximum absolute atomic E-state index is 6.08. The summed E-state index contributed by atoms with van der Waals surface area (Å²) in [5, 5.41) is 0.688. The van der Waals surface area contributed by atoms with Gasteiger partial charge in [0.05, 0.1) is 0 Å². The Kier molecular flexibility index (Phi) is 3.78. The monoisotopic (exact) mass is 212 g/mol. The van der Waals surface area contributed by atoms with Crippen LogP contribution in [-0.4, -0.2) is 0 Å². The molecule has 0 amide bonds. The predicted molar refractivity (Wildman–Crippen MR) is 62.2 cm³/mol. The Balaban J connectivity index is 2.99. The van der Waals surface area contributed by atoms with Crippen LogP contribution in [0.4, 0.5) is 5.69 Å². The molecule has 0 aliphatic rings. The van der Waals surface area contributed by atoms with Crippen LogP contribution in [0.25, 0.3) is 0 Å². The van der Waals surface area contributed by atoms with Crippen LogP contribution in [0.5, 0.6) is 0 Å². The molecule has 3 heteroatoms. The number of rotatable bonds is 3. The van der Waals surface area contributed by atoms with Crippen LogP contribution in [0.2, 0.25) is 5.02 Å². The van der Waals surface area contributed by atoms with Gasteiger partial charge >= 0.3 is 0 Å². The van der Waals surface area contributed by atoms with E-state index in [-0.39, 0.29) is 6.04 Å². The average Bonchev–Trinajstić information content (AvgIpc) is 2.19. The van der Waals surface area contributed by atoms with E-state index >= 15 is 0 Å². The molecule has 0 saturated heterocycles. The van der Waals surface area contributed by atoms with Crippen LogP contribution in [0, 0.1) is 5.92 Å². The van der Waals surface area contributed by atoms with Crippen molar-refractivity contribution in [2.24, 2.45) is 11.7 Å². The summed E-state index contributed by atoms with van der Waals surface area (Å²) in [6.45, 7) is 4.23. The van der Waals surface area contributed by atoms with Gasteiger partial charge in [-0.2, -0.15) is 0 Å². The number of nitrogen functional groups attached to an aromatic ring is 1. The summed E-state index contributed by atoms with van der Waals surface area (Å²) in [7, 11) is 0. The molecule has 2 atom stereocenters. The van der Waals surface area contributed by atoms with E-state index < -0.39 is 0 Å². The lowest BCUT2D eigenvalue weighted by Gasteiger charge is -2.20. The maximum atomic E-state index is 6.08. The largest absolute Gasteiger partial charge is 0.398 e. The molecule has 0 aromatic heterocycles. The molecule has 0 fully saturated rings. The fourth-order valence-corrected chi connectivity index (χ4v) is 1.58. The molecule has 0 heterocycles. The lowest BCUT2D eigenvalue weighted by Crippen LogP contribution is -2.19. The molecule has 0 aliphatic heterocycles. The van der Waals surface area contributed by atoms with Gasteiger partial charge in [-0.1, -0.05) is 31.9 Å². The summed E-state index contributed by atoms with van der Waals surface area (Å²) in [5.74, 6) is 0.413. The minimum Gasteiger partial charge on any atom is -0.398 e. The molecule has 4 N–H and O–H groups in total. The Bertz CT molecular complexity index is 312. The smallest absolute Gasteiger partial charge is 0.0410 e. The van der Waals surface area contributed by atoms with Crippen LogP contribution in [0.1, 0.15) is 31.9 Å². The second-order valence-corrected chi connectivity index (χ2v) is 4.12. The SMILES string of the molecule is CCC(C)[C@H](N)c1cc(Cl)ccc1N. The Hall–Kier alpha value is -0.730. The highest BCUT2D eigenvalue weighted by Gasteiger charge is 2.15. The van der Waals surface area contributed by atoms with E-state index in [1.165, 1.54) is 0 Å². The third-order valence-corrected chi connectivity index (χ3v) is 2.90. The molecule has 1 unspecified atom stereocenters. The van der Waals surface area contributed by atoms with E-state index in [0.717, 1.165) is 17.7 Å². The predicted octanol–water partition coefficient (Wildman–Crippen LogP) is 2.97. The van der Waals surface area contributed by atoms with Gasteiger partial charge in [0, 0.05) is 16.8 Å². The highest BCUT2D eigenvalue weighted by Crippen LogP contribution is 2.28. The summed E-state index contributed by atoms with van der Waals surface area (Å²) in [5.41, 5.74) is 13.6. The molecule has 1 aromatic rings. The van der Waals surface area contributed by atoms with Crippen molar-refractivity contribution in [3.63, 3.8) is 0 Å². The van der Waals surface area contributed by atoms with Crippen molar-refractivity contribution in [2.75, 3.05) is 5.73 Å². The summed E-state index contributed by atoms with van der Waals surface area (Å²) in [6, 6.07) is 5.41. The normalized spacial score (nSPS) is 15.1. The van der Waals surface area contributed by atoms with E-state index in [2.05, 4.69) is 13.8 Å². The standard InChI is InChI=1S/C11H17ClN2/c1-3-7(2)11(14)9-6-8(12)4-5-10(9)13/h4-7,11H,3,13-14H2,1-2H3/t7?,11-/m0/s1. The molecule has 1 rings (SSSR count). The molecule has 0 saturated carbocycles. The van der Waals surface area contributed by atoms with Crippen LogP contribution in [-0.2, 0) is 0 Å². The van der Waals surface area contributed by atoms with Crippen molar-refractivity contribution in [2.45, 2.75) is 26.3 Å². The molecule has 1 aromatic carbocycles. The van der Waals surface area contributed by atoms with Crippen molar-refractivity contribution >= 4 is 17.3 Å². The van der Waals surface area contributed by atoms with Gasteiger partial charge in [0.1, 0.15) is 0 Å². The average molecular weight is 213 g/mol. The lowest BCUT2D eigenvalue weighted by molar-refractivity contribution is 0.458. The van der Waals surface area contributed by atoms with E-state index in [9.17, 15) is 0 Å². The minimum atomic E-state index is -0.0290. The number of anilines is 1. The quantitative estimate of drug-likeness (QED) is 0.757. The zero-order valence-corrected chi connectivity index (χ0v) is 9.38. The van der Waals surface area contributed by atoms with Gasteiger partial charge in [-0.25, -0.2) is 0 Å². The first-order valence-electron chi connectivity index (χ1n) is 4.86. The third-order valence-electron chi connectivity index (χ3n) is 2.66. The van der Waals surface area contributed by atoms with Crippen molar-refractivity contribution in [3.8, 4) is 0 Å². The van der Waals surface area contributed by atoms with E-state index in [4.69, 9.17) is 23.1 Å². The summed E-state index contributed by atoms with van der Waals surface area (Å²) < 4.78 is 0. The first kappa shape index (κ1) is 11.3. The first-order chi connectivity index (χ1) is 6.56. The van der Waals surface area contributed by atoms with Gasteiger partial charge in [0.15, 0.2) is 0 Å². The van der Waals surface area contributed by atoms with Gasteiger partial charge in [0.25, 0.3) is 0 Å². The van der Waals surface area contributed by atoms with Gasteiger partial charge in [-0.15, -0.1) is 0 Å². The summed E-state index contributed by atoms with van der Waals surface area (Å²) in [4.78, 5) is 0. The zero-order valence-electron chi connectivity index (χ0n) is 8.63. The lowest BCUT2D eigenvalue weighted by atomic mass is 9.92. The van der Waals surface area contributed by atoms with Crippen molar-refractivity contribution < 1.29 is 0 Å². The minimum absolute atomic E-state index is 0.0290. The van der Waals surface area contributed by atoms with Crippen LogP contribution in [0.15, 0.2) is 18.2 Å². The Morgan fingerprint density at radius 1 is 1.43 bits per heavy atom. The highest BCUT2D eigenvalue weighted by molar-refractivity contribution is 6.30. The summed E-state index contributed by atoms with van der Waals surface area (Å²) in [6.07, 6.45) is 1.03. The number of hydrogen-bond acceptors (Lipinski definition) is 2. The van der Waals surface area contributed by atoms with Gasteiger partial charge in [-0.3, -0.25) is 0 Å². The van der Waals surface area contributed by atoms with E-state index in [1.54, 1.807) is 12.1 Å². The van der Waals surface area contributed by atoms with E-state index in [0.29, 0.717) is 10.9 Å².